The maximum absolute atomic E-state index is 4.04. The average Bonchev–Trinajstić information content (AvgIpc) is 2.72. The molecule has 0 saturated heterocycles. The molecule has 14 heavy (non-hydrogen) atoms. The highest BCUT2D eigenvalue weighted by Crippen LogP contribution is 2.04. The Kier molecular flexibility index (Phi) is 2.82. The smallest absolute Gasteiger partial charge is 0.0882 e. The minimum Gasteiger partial charge on any atom is -0.278 e. The van der Waals surface area contributed by atoms with Crippen molar-refractivity contribution in [2.45, 2.75) is 0 Å². The summed E-state index contributed by atoms with van der Waals surface area (Å²) < 4.78 is 3.72. The topological polar surface area (TPSA) is 50.2 Å². The van der Waals surface area contributed by atoms with Crippen LogP contribution in [0.15, 0.2) is 41.6 Å². The van der Waals surface area contributed by atoms with Crippen LogP contribution >= 0.6 is 11.5 Å². The highest BCUT2D eigenvalue weighted by atomic mass is 32.1. The second kappa shape index (κ2) is 4.48. The maximum Gasteiger partial charge on any atom is 0.0882 e. The standard InChI is InChI=1S/C9H8N4S/c1-2-4-8(5-3-1)12-10-6-9-7-11-13-14-9/h1-7,12H/b10-6+. The Bertz CT molecular complexity index is 396. The Hall–Kier alpha value is -1.75. The minimum atomic E-state index is 0.924. The fraction of sp³-hybridized carbons (Fsp3) is 0. The van der Waals surface area contributed by atoms with E-state index in [1.165, 1.54) is 11.5 Å². The summed E-state index contributed by atoms with van der Waals surface area (Å²) in [6.07, 6.45) is 3.36. The number of hydrazone groups is 1. The molecule has 0 radical (unpaired) electrons. The van der Waals surface area contributed by atoms with Crippen LogP contribution in [0.5, 0.6) is 0 Å². The van der Waals surface area contributed by atoms with Crippen LogP contribution in [-0.4, -0.2) is 15.8 Å². The van der Waals surface area contributed by atoms with E-state index in [1.54, 1.807) is 12.4 Å². The molecule has 2 aromatic rings. The van der Waals surface area contributed by atoms with Crippen molar-refractivity contribution in [2.24, 2.45) is 5.10 Å². The lowest BCUT2D eigenvalue weighted by molar-refractivity contribution is 1.15. The van der Waals surface area contributed by atoms with Crippen LogP contribution in [0.3, 0.4) is 0 Å². The normalized spacial score (nSPS) is 10.6. The molecule has 4 nitrogen and oxygen atoms in total. The fourth-order valence-corrected chi connectivity index (χ4v) is 1.30. The van der Waals surface area contributed by atoms with Crippen molar-refractivity contribution in [3.63, 3.8) is 0 Å². The van der Waals surface area contributed by atoms with Gasteiger partial charge in [0.15, 0.2) is 0 Å². The summed E-state index contributed by atoms with van der Waals surface area (Å²) in [6.45, 7) is 0. The van der Waals surface area contributed by atoms with Gasteiger partial charge in [-0.2, -0.15) is 5.10 Å². The minimum absolute atomic E-state index is 0.924. The summed E-state index contributed by atoms with van der Waals surface area (Å²) in [5, 5.41) is 7.74. The average molecular weight is 204 g/mol. The number of nitrogens with zero attached hydrogens (tertiary/aromatic N) is 3. The van der Waals surface area contributed by atoms with Gasteiger partial charge in [-0.1, -0.05) is 22.7 Å². The third-order valence-corrected chi connectivity index (χ3v) is 2.14. The maximum atomic E-state index is 4.04. The van der Waals surface area contributed by atoms with Gasteiger partial charge in [-0.25, -0.2) is 0 Å². The summed E-state index contributed by atoms with van der Waals surface area (Å²) in [7, 11) is 0. The van der Waals surface area contributed by atoms with E-state index in [2.05, 4.69) is 20.1 Å². The number of nitrogens with one attached hydrogen (secondary N) is 1. The second-order valence-electron chi connectivity index (χ2n) is 2.56. The first-order valence-electron chi connectivity index (χ1n) is 4.06. The van der Waals surface area contributed by atoms with Gasteiger partial charge in [-0.05, 0) is 23.7 Å². The van der Waals surface area contributed by atoms with Crippen molar-refractivity contribution >= 4 is 23.4 Å². The number of hydrogen-bond acceptors (Lipinski definition) is 5. The highest BCUT2D eigenvalue weighted by Gasteiger charge is 1.89. The molecule has 0 aliphatic heterocycles. The molecule has 0 aliphatic rings. The second-order valence-corrected chi connectivity index (χ2v) is 3.37. The van der Waals surface area contributed by atoms with E-state index in [0.717, 1.165) is 10.6 Å². The van der Waals surface area contributed by atoms with Crippen molar-refractivity contribution in [1.82, 2.24) is 9.59 Å². The summed E-state index contributed by atoms with van der Waals surface area (Å²) in [4.78, 5) is 0.924. The van der Waals surface area contributed by atoms with Crippen molar-refractivity contribution in [3.8, 4) is 0 Å². The van der Waals surface area contributed by atoms with Gasteiger partial charge in [-0.3, -0.25) is 5.43 Å². The lowest BCUT2D eigenvalue weighted by Crippen LogP contribution is -1.88. The highest BCUT2D eigenvalue weighted by molar-refractivity contribution is 7.07. The summed E-state index contributed by atoms with van der Waals surface area (Å²) in [6, 6.07) is 9.75. The molecule has 70 valence electrons. The number of para-hydroxylation sites is 1. The van der Waals surface area contributed by atoms with E-state index >= 15 is 0 Å². The predicted octanol–water partition coefficient (Wildman–Crippen LogP) is 1.98. The zero-order chi connectivity index (χ0) is 9.64. The number of hydrogen-bond donors (Lipinski definition) is 1. The van der Waals surface area contributed by atoms with Crippen molar-refractivity contribution in [2.75, 3.05) is 5.43 Å². The Labute approximate surface area is 85.5 Å². The molecule has 0 spiro atoms. The molecule has 0 fully saturated rings. The molecule has 0 saturated carbocycles. The Morgan fingerprint density at radius 1 is 1.29 bits per heavy atom. The van der Waals surface area contributed by atoms with E-state index < -0.39 is 0 Å². The number of aromatic nitrogens is 2. The fourth-order valence-electron chi connectivity index (χ4n) is 0.915. The summed E-state index contributed by atoms with van der Waals surface area (Å²) in [5.41, 5.74) is 3.86. The quantitative estimate of drug-likeness (QED) is 0.614. The van der Waals surface area contributed by atoms with E-state index in [9.17, 15) is 0 Å². The third kappa shape index (κ3) is 2.37. The summed E-state index contributed by atoms with van der Waals surface area (Å²) >= 11 is 1.31. The monoisotopic (exact) mass is 204 g/mol. The zero-order valence-electron chi connectivity index (χ0n) is 7.29. The van der Waals surface area contributed by atoms with E-state index in [4.69, 9.17) is 0 Å². The molecule has 2 rings (SSSR count). The molecule has 0 amide bonds. The van der Waals surface area contributed by atoms with Gasteiger partial charge in [0.1, 0.15) is 0 Å². The number of anilines is 1. The van der Waals surface area contributed by atoms with Crippen molar-refractivity contribution in [1.29, 1.82) is 0 Å². The predicted molar refractivity (Wildman–Crippen MR) is 57.6 cm³/mol. The van der Waals surface area contributed by atoms with Crippen LogP contribution in [0.1, 0.15) is 4.88 Å². The molecule has 5 heteroatoms. The number of benzene rings is 1. The lowest BCUT2D eigenvalue weighted by Gasteiger charge is -1.96. The lowest BCUT2D eigenvalue weighted by atomic mass is 10.3. The first-order valence-corrected chi connectivity index (χ1v) is 4.84. The largest absolute Gasteiger partial charge is 0.278 e. The van der Waals surface area contributed by atoms with Crippen LogP contribution in [-0.2, 0) is 0 Å². The van der Waals surface area contributed by atoms with Crippen LogP contribution in [0.2, 0.25) is 0 Å². The van der Waals surface area contributed by atoms with Gasteiger partial charge in [-0.15, -0.1) is 5.10 Å². The molecule has 1 N–H and O–H groups in total. The van der Waals surface area contributed by atoms with Crippen LogP contribution < -0.4 is 5.43 Å². The van der Waals surface area contributed by atoms with Crippen molar-refractivity contribution < 1.29 is 0 Å². The molecule has 1 heterocycles. The van der Waals surface area contributed by atoms with E-state index in [-0.39, 0.29) is 0 Å². The molecule has 0 aliphatic carbocycles. The van der Waals surface area contributed by atoms with Gasteiger partial charge in [0, 0.05) is 0 Å². The Morgan fingerprint density at radius 3 is 2.86 bits per heavy atom. The zero-order valence-corrected chi connectivity index (χ0v) is 8.11. The van der Waals surface area contributed by atoms with E-state index in [1.807, 2.05) is 30.3 Å². The van der Waals surface area contributed by atoms with Crippen LogP contribution in [0.4, 0.5) is 5.69 Å². The van der Waals surface area contributed by atoms with Crippen LogP contribution in [0, 0.1) is 0 Å². The third-order valence-electron chi connectivity index (χ3n) is 1.54. The van der Waals surface area contributed by atoms with Gasteiger partial charge in [0.25, 0.3) is 0 Å². The molecular formula is C9H8N4S. The molecule has 0 bridgehead atoms. The molecule has 0 unspecified atom stereocenters. The van der Waals surface area contributed by atoms with Gasteiger partial charge < -0.3 is 0 Å². The van der Waals surface area contributed by atoms with Crippen LogP contribution in [0.25, 0.3) is 0 Å². The number of rotatable bonds is 3. The first-order chi connectivity index (χ1) is 6.95. The Morgan fingerprint density at radius 2 is 2.14 bits per heavy atom. The van der Waals surface area contributed by atoms with E-state index in [0.29, 0.717) is 0 Å². The molecule has 1 aromatic heterocycles. The molecular weight excluding hydrogens is 196 g/mol. The molecule has 1 aromatic carbocycles. The van der Waals surface area contributed by atoms with Gasteiger partial charge in [0.2, 0.25) is 0 Å². The van der Waals surface area contributed by atoms with Gasteiger partial charge in [0.05, 0.1) is 23.0 Å². The first kappa shape index (κ1) is 8.83. The Balaban J connectivity index is 1.95. The van der Waals surface area contributed by atoms with Crippen molar-refractivity contribution in [3.05, 3.63) is 41.4 Å². The van der Waals surface area contributed by atoms with Gasteiger partial charge >= 0.3 is 0 Å². The summed E-state index contributed by atoms with van der Waals surface area (Å²) in [5.74, 6) is 0. The SMILES string of the molecule is C(=N\Nc1ccccc1)/c1cnns1. The molecule has 0 atom stereocenters.